The van der Waals surface area contributed by atoms with Crippen molar-refractivity contribution in [1.29, 1.82) is 0 Å². The Morgan fingerprint density at radius 3 is 2.92 bits per heavy atom. The molecule has 3 N–H and O–H groups in total. The third-order valence-electron chi connectivity index (χ3n) is 2.36. The molecule has 70 valence electrons. The summed E-state index contributed by atoms with van der Waals surface area (Å²) in [5.41, 5.74) is 5.53. The van der Waals surface area contributed by atoms with E-state index < -0.39 is 5.97 Å². The lowest BCUT2D eigenvalue weighted by Crippen LogP contribution is -2.46. The van der Waals surface area contributed by atoms with Crippen LogP contribution in [0.2, 0.25) is 0 Å². The van der Waals surface area contributed by atoms with Crippen molar-refractivity contribution >= 4 is 5.97 Å². The predicted octanol–water partition coefficient (Wildman–Crippen LogP) is -0.116. The molecule has 0 spiro atoms. The van der Waals surface area contributed by atoms with Crippen LogP contribution in [-0.4, -0.2) is 41.7 Å². The smallest absolute Gasteiger partial charge is 0.317 e. The quantitative estimate of drug-likeness (QED) is 0.623. The van der Waals surface area contributed by atoms with Gasteiger partial charge in [-0.3, -0.25) is 9.69 Å². The van der Waals surface area contributed by atoms with E-state index in [0.29, 0.717) is 6.54 Å². The average molecular weight is 172 g/mol. The van der Waals surface area contributed by atoms with E-state index in [-0.39, 0.29) is 12.6 Å². The van der Waals surface area contributed by atoms with Crippen LogP contribution in [0, 0.1) is 0 Å². The molecule has 0 aromatic heterocycles. The maximum absolute atomic E-state index is 10.4. The van der Waals surface area contributed by atoms with Gasteiger partial charge in [0.25, 0.3) is 0 Å². The Morgan fingerprint density at radius 2 is 2.33 bits per heavy atom. The van der Waals surface area contributed by atoms with E-state index in [0.717, 1.165) is 19.4 Å². The fraction of sp³-hybridized carbons (Fsp3) is 0.875. The molecule has 4 nitrogen and oxygen atoms in total. The lowest BCUT2D eigenvalue weighted by atomic mass is 10.0. The number of hydrogen-bond donors (Lipinski definition) is 2. The van der Waals surface area contributed by atoms with E-state index in [4.69, 9.17) is 10.8 Å². The largest absolute Gasteiger partial charge is 0.480 e. The van der Waals surface area contributed by atoms with E-state index in [1.165, 1.54) is 6.42 Å². The van der Waals surface area contributed by atoms with E-state index in [9.17, 15) is 4.79 Å². The summed E-state index contributed by atoms with van der Waals surface area (Å²) in [7, 11) is 0. The summed E-state index contributed by atoms with van der Waals surface area (Å²) in [5.74, 6) is -0.754. The zero-order valence-corrected chi connectivity index (χ0v) is 7.20. The van der Waals surface area contributed by atoms with Crippen LogP contribution < -0.4 is 5.73 Å². The second kappa shape index (κ2) is 4.42. The zero-order chi connectivity index (χ0) is 8.97. The van der Waals surface area contributed by atoms with Crippen molar-refractivity contribution in [2.24, 2.45) is 5.73 Å². The standard InChI is InChI=1S/C8H16N2O2/c9-5-7-3-1-2-4-10(7)6-8(11)12/h7H,1-6,9H2,(H,11,12). The average Bonchev–Trinajstić information content (AvgIpc) is 2.04. The number of aliphatic carboxylic acids is 1. The second-order valence-electron chi connectivity index (χ2n) is 3.25. The topological polar surface area (TPSA) is 66.6 Å². The summed E-state index contributed by atoms with van der Waals surface area (Å²) in [5, 5.41) is 8.60. The molecule has 1 saturated heterocycles. The van der Waals surface area contributed by atoms with E-state index in [1.54, 1.807) is 0 Å². The molecule has 1 rings (SSSR count). The maximum atomic E-state index is 10.4. The first-order valence-corrected chi connectivity index (χ1v) is 4.40. The van der Waals surface area contributed by atoms with Gasteiger partial charge in [-0.15, -0.1) is 0 Å². The van der Waals surface area contributed by atoms with Crippen LogP contribution in [0.25, 0.3) is 0 Å². The van der Waals surface area contributed by atoms with Crippen LogP contribution in [-0.2, 0) is 4.79 Å². The van der Waals surface area contributed by atoms with Crippen LogP contribution in [0.5, 0.6) is 0 Å². The Morgan fingerprint density at radius 1 is 1.58 bits per heavy atom. The van der Waals surface area contributed by atoms with Crippen LogP contribution in [0.15, 0.2) is 0 Å². The number of nitrogens with two attached hydrogens (primary N) is 1. The molecule has 1 atom stereocenters. The second-order valence-corrected chi connectivity index (χ2v) is 3.25. The lowest BCUT2D eigenvalue weighted by molar-refractivity contribution is -0.139. The summed E-state index contributed by atoms with van der Waals surface area (Å²) in [6.45, 7) is 1.60. The molecule has 1 unspecified atom stereocenters. The number of rotatable bonds is 3. The first-order chi connectivity index (χ1) is 5.74. The predicted molar refractivity (Wildman–Crippen MR) is 45.9 cm³/mol. The minimum atomic E-state index is -0.754. The van der Waals surface area contributed by atoms with Gasteiger partial charge in [-0.1, -0.05) is 6.42 Å². The molecule has 1 aliphatic rings. The molecule has 0 aliphatic carbocycles. The molecular formula is C8H16N2O2. The number of carbonyl (C=O) groups is 1. The minimum absolute atomic E-state index is 0.141. The van der Waals surface area contributed by atoms with Gasteiger partial charge in [0.05, 0.1) is 6.54 Å². The molecule has 0 aromatic rings. The Balaban J connectivity index is 2.41. The highest BCUT2D eigenvalue weighted by Crippen LogP contribution is 2.15. The first kappa shape index (κ1) is 9.48. The summed E-state index contributed by atoms with van der Waals surface area (Å²) < 4.78 is 0. The molecule has 0 saturated carbocycles. The molecule has 1 fully saturated rings. The molecule has 4 heteroatoms. The van der Waals surface area contributed by atoms with Gasteiger partial charge in [0, 0.05) is 12.6 Å². The third-order valence-corrected chi connectivity index (χ3v) is 2.36. The fourth-order valence-electron chi connectivity index (χ4n) is 1.71. The molecule has 0 amide bonds. The van der Waals surface area contributed by atoms with Crippen molar-refractivity contribution in [3.63, 3.8) is 0 Å². The van der Waals surface area contributed by atoms with Gasteiger partial charge in [0.15, 0.2) is 0 Å². The zero-order valence-electron chi connectivity index (χ0n) is 7.20. The van der Waals surface area contributed by atoms with E-state index in [2.05, 4.69) is 0 Å². The number of hydrogen-bond acceptors (Lipinski definition) is 3. The Labute approximate surface area is 72.3 Å². The van der Waals surface area contributed by atoms with Gasteiger partial charge in [-0.25, -0.2) is 0 Å². The summed E-state index contributed by atoms with van der Waals surface area (Å²) in [6, 6.07) is 0.287. The molecule has 0 aromatic carbocycles. The molecule has 1 aliphatic heterocycles. The van der Waals surface area contributed by atoms with Gasteiger partial charge in [0.1, 0.15) is 0 Å². The number of carboxylic acids is 1. The van der Waals surface area contributed by atoms with Gasteiger partial charge < -0.3 is 10.8 Å². The molecular weight excluding hydrogens is 156 g/mol. The van der Waals surface area contributed by atoms with Crippen molar-refractivity contribution in [2.45, 2.75) is 25.3 Å². The van der Waals surface area contributed by atoms with Crippen LogP contribution in [0.4, 0.5) is 0 Å². The van der Waals surface area contributed by atoms with Gasteiger partial charge in [-0.2, -0.15) is 0 Å². The fourth-order valence-corrected chi connectivity index (χ4v) is 1.71. The van der Waals surface area contributed by atoms with Crippen molar-refractivity contribution in [3.8, 4) is 0 Å². The number of carboxylic acid groups (broad SMARTS) is 1. The van der Waals surface area contributed by atoms with Crippen molar-refractivity contribution in [1.82, 2.24) is 4.90 Å². The number of piperidine rings is 1. The molecule has 0 radical (unpaired) electrons. The van der Waals surface area contributed by atoms with E-state index in [1.807, 2.05) is 4.90 Å². The van der Waals surface area contributed by atoms with Crippen molar-refractivity contribution in [3.05, 3.63) is 0 Å². The highest BCUT2D eigenvalue weighted by Gasteiger charge is 2.22. The summed E-state index contributed by atoms with van der Waals surface area (Å²) in [4.78, 5) is 12.4. The molecule has 0 bridgehead atoms. The van der Waals surface area contributed by atoms with E-state index >= 15 is 0 Å². The highest BCUT2D eigenvalue weighted by molar-refractivity contribution is 5.69. The minimum Gasteiger partial charge on any atom is -0.480 e. The monoisotopic (exact) mass is 172 g/mol. The SMILES string of the molecule is NCC1CCCCN1CC(=O)O. The summed E-state index contributed by atoms with van der Waals surface area (Å²) >= 11 is 0. The highest BCUT2D eigenvalue weighted by atomic mass is 16.4. The Bertz CT molecular complexity index is 161. The maximum Gasteiger partial charge on any atom is 0.317 e. The first-order valence-electron chi connectivity index (χ1n) is 4.40. The van der Waals surface area contributed by atoms with Crippen molar-refractivity contribution in [2.75, 3.05) is 19.6 Å². The Kier molecular flexibility index (Phi) is 3.49. The molecule has 1 heterocycles. The lowest BCUT2D eigenvalue weighted by Gasteiger charge is -2.33. The van der Waals surface area contributed by atoms with Crippen LogP contribution in [0.3, 0.4) is 0 Å². The van der Waals surface area contributed by atoms with Gasteiger partial charge in [0.2, 0.25) is 0 Å². The van der Waals surface area contributed by atoms with Crippen LogP contribution in [0.1, 0.15) is 19.3 Å². The van der Waals surface area contributed by atoms with Gasteiger partial charge >= 0.3 is 5.97 Å². The third kappa shape index (κ3) is 2.46. The summed E-state index contributed by atoms with van der Waals surface area (Å²) in [6.07, 6.45) is 3.32. The van der Waals surface area contributed by atoms with Crippen LogP contribution >= 0.6 is 0 Å². The Hall–Kier alpha value is -0.610. The van der Waals surface area contributed by atoms with Crippen molar-refractivity contribution < 1.29 is 9.90 Å². The molecule has 12 heavy (non-hydrogen) atoms. The van der Waals surface area contributed by atoms with Gasteiger partial charge in [-0.05, 0) is 19.4 Å². The number of nitrogens with zero attached hydrogens (tertiary/aromatic N) is 1. The number of likely N-dealkylation sites (tertiary alicyclic amines) is 1. The normalized spacial score (nSPS) is 25.6.